The number of carboxylic acids is 1. The molecule has 1 aromatic heterocycles. The first-order valence-electron chi connectivity index (χ1n) is 14.6. The Kier molecular flexibility index (Phi) is 9.19. The van der Waals surface area contributed by atoms with E-state index in [0.717, 1.165) is 16.5 Å². The first kappa shape index (κ1) is 28.2. The Bertz CT molecular complexity index is 1520. The molecule has 41 heavy (non-hydrogen) atoms. The van der Waals surface area contributed by atoms with Crippen molar-refractivity contribution in [3.05, 3.63) is 102 Å². The first-order chi connectivity index (χ1) is 20.0. The summed E-state index contributed by atoms with van der Waals surface area (Å²) in [5, 5.41) is 12.9. The number of carbonyl (C=O) groups excluding carboxylic acids is 1. The Labute approximate surface area is 241 Å². The maximum atomic E-state index is 12.9. The number of hydrogen-bond donors (Lipinski definition) is 2. The predicted octanol–water partition coefficient (Wildman–Crippen LogP) is 8.10. The van der Waals surface area contributed by atoms with Gasteiger partial charge in [-0.2, -0.15) is 0 Å². The molecule has 1 fully saturated rings. The third-order valence-electron chi connectivity index (χ3n) is 8.00. The molecule has 212 valence electrons. The van der Waals surface area contributed by atoms with Crippen LogP contribution in [0.4, 0.5) is 5.69 Å². The van der Waals surface area contributed by atoms with Crippen LogP contribution >= 0.6 is 0 Å². The molecule has 6 nitrogen and oxygen atoms in total. The number of allylic oxidation sites excluding steroid dienone is 1. The van der Waals surface area contributed by atoms with Crippen LogP contribution in [-0.4, -0.2) is 28.2 Å². The van der Waals surface area contributed by atoms with Gasteiger partial charge in [0.25, 0.3) is 0 Å². The normalized spacial score (nSPS) is 15.0. The van der Waals surface area contributed by atoms with E-state index in [2.05, 4.69) is 70.7 Å². The zero-order valence-corrected chi connectivity index (χ0v) is 23.6. The Morgan fingerprint density at radius 2 is 1.76 bits per heavy atom. The zero-order chi connectivity index (χ0) is 28.6. The molecule has 1 atom stereocenters. The van der Waals surface area contributed by atoms with Crippen LogP contribution in [0.15, 0.2) is 91.1 Å². The number of fused-ring (bicyclic) bond motifs is 1. The SMILES string of the molecule is C/C(=C\C(=O)Nc1ccccc1OCCCC(=O)O)c1ccc2c(ccn2C(c2ccccc2)C2CCCCC2)c1. The zero-order valence-electron chi connectivity index (χ0n) is 23.6. The number of aliphatic carboxylic acids is 1. The van der Waals surface area contributed by atoms with Gasteiger partial charge in [0.1, 0.15) is 5.75 Å². The average Bonchev–Trinajstić information content (AvgIpc) is 3.40. The second kappa shape index (κ2) is 13.4. The number of carboxylic acid groups (broad SMARTS) is 1. The largest absolute Gasteiger partial charge is 0.491 e. The van der Waals surface area contributed by atoms with E-state index < -0.39 is 5.97 Å². The van der Waals surface area contributed by atoms with Crippen LogP contribution in [0.2, 0.25) is 0 Å². The first-order valence-corrected chi connectivity index (χ1v) is 14.6. The molecule has 4 aromatic rings. The summed E-state index contributed by atoms with van der Waals surface area (Å²) >= 11 is 0. The molecule has 2 N–H and O–H groups in total. The predicted molar refractivity (Wildman–Crippen MR) is 164 cm³/mol. The van der Waals surface area contributed by atoms with Crippen molar-refractivity contribution in [1.29, 1.82) is 0 Å². The number of nitrogens with one attached hydrogen (secondary N) is 1. The highest BCUT2D eigenvalue weighted by atomic mass is 16.5. The fraction of sp³-hybridized carbons (Fsp3) is 0.314. The van der Waals surface area contributed by atoms with Gasteiger partial charge in [-0.25, -0.2) is 0 Å². The minimum Gasteiger partial charge on any atom is -0.491 e. The molecule has 1 saturated carbocycles. The van der Waals surface area contributed by atoms with Gasteiger partial charge in [-0.1, -0.05) is 67.8 Å². The lowest BCUT2D eigenvalue weighted by molar-refractivity contribution is -0.137. The molecule has 1 unspecified atom stereocenters. The average molecular weight is 551 g/mol. The highest BCUT2D eigenvalue weighted by molar-refractivity contribution is 6.04. The number of carbonyl (C=O) groups is 2. The van der Waals surface area contributed by atoms with E-state index >= 15 is 0 Å². The van der Waals surface area contributed by atoms with Crippen molar-refractivity contribution in [2.75, 3.05) is 11.9 Å². The van der Waals surface area contributed by atoms with Gasteiger partial charge >= 0.3 is 5.97 Å². The fourth-order valence-electron chi connectivity index (χ4n) is 5.96. The lowest BCUT2D eigenvalue weighted by Gasteiger charge is -2.32. The second-order valence-corrected chi connectivity index (χ2v) is 10.9. The van der Waals surface area contributed by atoms with Crippen LogP contribution in [0.1, 0.15) is 69.0 Å². The Hall–Kier alpha value is -4.32. The molecule has 6 heteroatoms. The molecule has 0 radical (unpaired) electrons. The van der Waals surface area contributed by atoms with Crippen LogP contribution in [0.5, 0.6) is 5.75 Å². The van der Waals surface area contributed by atoms with Crippen LogP contribution in [0, 0.1) is 5.92 Å². The monoisotopic (exact) mass is 550 g/mol. The molecule has 5 rings (SSSR count). The topological polar surface area (TPSA) is 80.6 Å². The van der Waals surface area contributed by atoms with Gasteiger partial charge in [0.05, 0.1) is 18.3 Å². The summed E-state index contributed by atoms with van der Waals surface area (Å²) in [6, 6.07) is 27.0. The van der Waals surface area contributed by atoms with E-state index in [0.29, 0.717) is 29.8 Å². The molecule has 1 aliphatic carbocycles. The Morgan fingerprint density at radius 1 is 1.00 bits per heavy atom. The molecular weight excluding hydrogens is 512 g/mol. The quantitative estimate of drug-likeness (QED) is 0.146. The van der Waals surface area contributed by atoms with Crippen molar-refractivity contribution in [3.8, 4) is 5.75 Å². The van der Waals surface area contributed by atoms with Crippen LogP contribution in [0.3, 0.4) is 0 Å². The summed E-state index contributed by atoms with van der Waals surface area (Å²) in [7, 11) is 0. The Morgan fingerprint density at radius 3 is 2.54 bits per heavy atom. The fourth-order valence-corrected chi connectivity index (χ4v) is 5.96. The number of anilines is 1. The lowest BCUT2D eigenvalue weighted by Crippen LogP contribution is -2.22. The van der Waals surface area contributed by atoms with Gasteiger partial charge in [0, 0.05) is 29.6 Å². The summed E-state index contributed by atoms with van der Waals surface area (Å²) in [5.74, 6) is 0.0377. The van der Waals surface area contributed by atoms with Crippen LogP contribution in [0.25, 0.3) is 16.5 Å². The molecule has 0 bridgehead atoms. The molecule has 1 heterocycles. The maximum absolute atomic E-state index is 12.9. The summed E-state index contributed by atoms with van der Waals surface area (Å²) in [6.07, 6.45) is 10.7. The van der Waals surface area contributed by atoms with Gasteiger partial charge in [0.2, 0.25) is 5.91 Å². The van der Waals surface area contributed by atoms with Crippen LogP contribution < -0.4 is 10.1 Å². The van der Waals surface area contributed by atoms with Crippen molar-refractivity contribution in [2.24, 2.45) is 5.92 Å². The maximum Gasteiger partial charge on any atom is 0.303 e. The standard InChI is InChI=1S/C35H38N2O4/c1-25(23-33(38)36-30-15-8-9-16-32(30)41-22-10-17-34(39)40)28-18-19-31-29(24-28)20-21-37(31)35(26-11-4-2-5-12-26)27-13-6-3-7-14-27/h2,4-5,8-9,11-12,15-16,18-21,23-24,27,35H,3,6-7,10,13-14,17,22H2,1H3,(H,36,38)(H,39,40)/b25-23+. The second-order valence-electron chi connectivity index (χ2n) is 10.9. The van der Waals surface area contributed by atoms with Gasteiger partial charge in [0.15, 0.2) is 0 Å². The molecular formula is C35H38N2O4. The number of nitrogens with zero attached hydrogens (tertiary/aromatic N) is 1. The van der Waals surface area contributed by atoms with E-state index in [-0.39, 0.29) is 18.9 Å². The van der Waals surface area contributed by atoms with Crippen molar-refractivity contribution < 1.29 is 19.4 Å². The third-order valence-corrected chi connectivity index (χ3v) is 8.00. The van der Waals surface area contributed by atoms with E-state index in [1.807, 2.05) is 19.1 Å². The minimum atomic E-state index is -0.856. The number of rotatable bonds is 11. The minimum absolute atomic E-state index is 0.0394. The molecule has 0 saturated heterocycles. The number of benzene rings is 3. The number of para-hydroxylation sites is 2. The van der Waals surface area contributed by atoms with E-state index in [9.17, 15) is 9.59 Å². The van der Waals surface area contributed by atoms with Gasteiger partial charge in [-0.05, 0) is 79.1 Å². The summed E-state index contributed by atoms with van der Waals surface area (Å²) in [4.78, 5) is 23.7. The van der Waals surface area contributed by atoms with E-state index in [1.165, 1.54) is 43.2 Å². The molecule has 3 aromatic carbocycles. The summed E-state index contributed by atoms with van der Waals surface area (Å²) < 4.78 is 8.17. The van der Waals surface area contributed by atoms with Crippen molar-refractivity contribution in [2.45, 2.75) is 57.9 Å². The van der Waals surface area contributed by atoms with E-state index in [1.54, 1.807) is 18.2 Å². The van der Waals surface area contributed by atoms with Gasteiger partial charge in [-0.15, -0.1) is 0 Å². The number of hydrogen-bond acceptors (Lipinski definition) is 3. The van der Waals surface area contributed by atoms with Crippen LogP contribution in [-0.2, 0) is 9.59 Å². The third kappa shape index (κ3) is 7.07. The van der Waals surface area contributed by atoms with Crippen molar-refractivity contribution in [3.63, 3.8) is 0 Å². The Balaban J connectivity index is 1.33. The van der Waals surface area contributed by atoms with Crippen molar-refractivity contribution >= 4 is 34.0 Å². The number of ether oxygens (including phenoxy) is 1. The molecule has 1 amide bonds. The van der Waals surface area contributed by atoms with Gasteiger partial charge < -0.3 is 19.7 Å². The van der Waals surface area contributed by atoms with E-state index in [4.69, 9.17) is 9.84 Å². The molecule has 1 aliphatic rings. The van der Waals surface area contributed by atoms with Crippen molar-refractivity contribution in [1.82, 2.24) is 4.57 Å². The molecule has 0 spiro atoms. The number of amides is 1. The summed E-state index contributed by atoms with van der Waals surface area (Å²) in [5.41, 5.74) is 4.99. The highest BCUT2D eigenvalue weighted by Gasteiger charge is 2.27. The number of aromatic nitrogens is 1. The lowest BCUT2D eigenvalue weighted by atomic mass is 9.81. The summed E-state index contributed by atoms with van der Waals surface area (Å²) in [6.45, 7) is 2.21. The molecule has 0 aliphatic heterocycles. The smallest absolute Gasteiger partial charge is 0.303 e. The van der Waals surface area contributed by atoms with Gasteiger partial charge in [-0.3, -0.25) is 9.59 Å². The highest BCUT2D eigenvalue weighted by Crippen LogP contribution is 2.39.